The molecule has 0 aromatic heterocycles. The normalized spacial score (nSPS) is 12.8. The summed E-state index contributed by atoms with van der Waals surface area (Å²) >= 11 is 0. The summed E-state index contributed by atoms with van der Waals surface area (Å²) in [7, 11) is 1.54. The lowest BCUT2D eigenvalue weighted by molar-refractivity contribution is -0.565. The molecule has 0 saturated carbocycles. The van der Waals surface area contributed by atoms with E-state index in [4.69, 9.17) is 4.74 Å². The number of carbonyl (C=O) groups is 1. The molecule has 0 heterocycles. The molecule has 104 valence electrons. The molecular formula is C14H19NO4. The molecular weight excluding hydrogens is 246 g/mol. The van der Waals surface area contributed by atoms with Gasteiger partial charge in [-0.05, 0) is 24.6 Å². The molecule has 0 unspecified atom stereocenters. The Labute approximate surface area is 112 Å². The highest BCUT2D eigenvalue weighted by molar-refractivity contribution is 5.76. The lowest BCUT2D eigenvalue weighted by atomic mass is 9.79. The Hall–Kier alpha value is -1.91. The number of benzene rings is 1. The van der Waals surface area contributed by atoms with Crippen LogP contribution in [0.3, 0.4) is 0 Å². The highest BCUT2D eigenvalue weighted by atomic mass is 16.6. The fraction of sp³-hybridized carbons (Fsp3) is 0.500. The molecule has 1 atom stereocenters. The first kappa shape index (κ1) is 15.1. The van der Waals surface area contributed by atoms with Crippen molar-refractivity contribution in [3.8, 4) is 5.75 Å². The predicted octanol–water partition coefficient (Wildman–Crippen LogP) is 2.81. The Morgan fingerprint density at radius 3 is 2.58 bits per heavy atom. The van der Waals surface area contributed by atoms with Crippen molar-refractivity contribution in [1.82, 2.24) is 0 Å². The van der Waals surface area contributed by atoms with Crippen molar-refractivity contribution in [2.45, 2.75) is 38.6 Å². The van der Waals surface area contributed by atoms with Crippen LogP contribution in [0.2, 0.25) is 0 Å². The van der Waals surface area contributed by atoms with Crippen molar-refractivity contribution < 1.29 is 14.5 Å². The molecule has 1 aromatic rings. The van der Waals surface area contributed by atoms with Gasteiger partial charge < -0.3 is 9.53 Å². The number of nitrogens with zero attached hydrogens (tertiary/aromatic N) is 1. The zero-order valence-corrected chi connectivity index (χ0v) is 11.7. The van der Waals surface area contributed by atoms with Crippen LogP contribution in [0, 0.1) is 10.1 Å². The number of rotatable bonds is 6. The van der Waals surface area contributed by atoms with E-state index in [0.29, 0.717) is 5.75 Å². The summed E-state index contributed by atoms with van der Waals surface area (Å²) < 4.78 is 5.13. The van der Waals surface area contributed by atoms with Gasteiger partial charge in [-0.25, -0.2) is 0 Å². The minimum atomic E-state index is -1.21. The van der Waals surface area contributed by atoms with Gasteiger partial charge in [0.1, 0.15) is 11.5 Å². The maximum absolute atomic E-state index is 11.4. The van der Waals surface area contributed by atoms with Crippen LogP contribution in [-0.2, 0) is 4.79 Å². The molecule has 0 aliphatic carbocycles. The van der Waals surface area contributed by atoms with Crippen molar-refractivity contribution in [3.05, 3.63) is 39.9 Å². The topological polar surface area (TPSA) is 69.4 Å². The third-order valence-electron chi connectivity index (χ3n) is 3.31. The molecule has 1 rings (SSSR count). The van der Waals surface area contributed by atoms with Crippen LogP contribution in [0.1, 0.15) is 38.7 Å². The SMILES string of the molecule is COc1cccc([C@H](CC(C)=O)C(C)(C)[N+](=O)[O-])c1. The fourth-order valence-electron chi connectivity index (χ4n) is 2.05. The maximum atomic E-state index is 11.4. The molecule has 5 nitrogen and oxygen atoms in total. The number of hydrogen-bond acceptors (Lipinski definition) is 4. The van der Waals surface area contributed by atoms with Crippen molar-refractivity contribution in [1.29, 1.82) is 0 Å². The van der Waals surface area contributed by atoms with Crippen LogP contribution in [0.5, 0.6) is 5.75 Å². The molecule has 0 saturated heterocycles. The minimum absolute atomic E-state index is 0.0669. The largest absolute Gasteiger partial charge is 0.497 e. The van der Waals surface area contributed by atoms with Crippen LogP contribution in [0.4, 0.5) is 0 Å². The number of ether oxygens (including phenoxy) is 1. The molecule has 0 bridgehead atoms. The third kappa shape index (κ3) is 3.53. The number of Topliss-reactive ketones (excluding diaryl/α,β-unsaturated/α-hetero) is 1. The van der Waals surface area contributed by atoms with Gasteiger partial charge in [0.25, 0.3) is 0 Å². The van der Waals surface area contributed by atoms with E-state index < -0.39 is 11.5 Å². The Morgan fingerprint density at radius 2 is 2.11 bits per heavy atom. The van der Waals surface area contributed by atoms with Crippen molar-refractivity contribution >= 4 is 5.78 Å². The van der Waals surface area contributed by atoms with Gasteiger partial charge in [-0.1, -0.05) is 12.1 Å². The van der Waals surface area contributed by atoms with Crippen LogP contribution >= 0.6 is 0 Å². The molecule has 0 aliphatic rings. The second-order valence-electron chi connectivity index (χ2n) is 5.15. The van der Waals surface area contributed by atoms with E-state index in [-0.39, 0.29) is 17.1 Å². The van der Waals surface area contributed by atoms with Crippen LogP contribution in [0.15, 0.2) is 24.3 Å². The van der Waals surface area contributed by atoms with Gasteiger partial charge in [-0.2, -0.15) is 0 Å². The second-order valence-corrected chi connectivity index (χ2v) is 5.15. The smallest absolute Gasteiger partial charge is 0.223 e. The maximum Gasteiger partial charge on any atom is 0.223 e. The molecule has 0 N–H and O–H groups in total. The van der Waals surface area contributed by atoms with Gasteiger partial charge in [0.05, 0.1) is 13.0 Å². The van der Waals surface area contributed by atoms with E-state index >= 15 is 0 Å². The first-order valence-corrected chi connectivity index (χ1v) is 6.07. The first-order chi connectivity index (χ1) is 8.78. The molecule has 5 heteroatoms. The van der Waals surface area contributed by atoms with Crippen molar-refractivity contribution in [3.63, 3.8) is 0 Å². The zero-order chi connectivity index (χ0) is 14.6. The minimum Gasteiger partial charge on any atom is -0.497 e. The lowest BCUT2D eigenvalue weighted by Crippen LogP contribution is -2.39. The summed E-state index contributed by atoms with van der Waals surface area (Å²) in [5.74, 6) is 0.0862. The van der Waals surface area contributed by atoms with Crippen molar-refractivity contribution in [2.75, 3.05) is 7.11 Å². The van der Waals surface area contributed by atoms with Crippen LogP contribution in [0.25, 0.3) is 0 Å². The second kappa shape index (κ2) is 5.82. The number of ketones is 1. The molecule has 0 radical (unpaired) electrons. The van der Waals surface area contributed by atoms with Gasteiger partial charge in [-0.15, -0.1) is 0 Å². The monoisotopic (exact) mass is 265 g/mol. The van der Waals surface area contributed by atoms with Crippen LogP contribution < -0.4 is 4.74 Å². The first-order valence-electron chi connectivity index (χ1n) is 6.07. The van der Waals surface area contributed by atoms with Gasteiger partial charge in [-0.3, -0.25) is 10.1 Å². The number of carbonyl (C=O) groups excluding carboxylic acids is 1. The van der Waals surface area contributed by atoms with E-state index in [9.17, 15) is 14.9 Å². The average molecular weight is 265 g/mol. The third-order valence-corrected chi connectivity index (χ3v) is 3.31. The molecule has 19 heavy (non-hydrogen) atoms. The molecule has 1 aromatic carbocycles. The fourth-order valence-corrected chi connectivity index (χ4v) is 2.05. The van der Waals surface area contributed by atoms with Gasteiger partial charge >= 0.3 is 0 Å². The van der Waals surface area contributed by atoms with Gasteiger partial charge in [0.2, 0.25) is 5.54 Å². The quantitative estimate of drug-likeness (QED) is 0.585. The van der Waals surface area contributed by atoms with E-state index in [0.717, 1.165) is 5.56 Å². The highest BCUT2D eigenvalue weighted by Crippen LogP contribution is 2.35. The molecule has 0 spiro atoms. The summed E-state index contributed by atoms with van der Waals surface area (Å²) in [4.78, 5) is 22.3. The Balaban J connectivity index is 3.23. The highest BCUT2D eigenvalue weighted by Gasteiger charge is 2.42. The number of nitro groups is 1. The summed E-state index contributed by atoms with van der Waals surface area (Å²) in [6, 6.07) is 7.09. The summed E-state index contributed by atoms with van der Waals surface area (Å²) in [6.45, 7) is 4.53. The van der Waals surface area contributed by atoms with Crippen LogP contribution in [-0.4, -0.2) is 23.4 Å². The molecule has 0 fully saturated rings. The van der Waals surface area contributed by atoms with Gasteiger partial charge in [0.15, 0.2) is 0 Å². The van der Waals surface area contributed by atoms with Gasteiger partial charge in [0, 0.05) is 25.2 Å². The standard InChI is InChI=1S/C14H19NO4/c1-10(16)8-13(14(2,3)15(17)18)11-6-5-7-12(9-11)19-4/h5-7,9,13H,8H2,1-4H3/t13-/m0/s1. The Bertz CT molecular complexity index is 482. The summed E-state index contributed by atoms with van der Waals surface area (Å²) in [6.07, 6.45) is 0.140. The van der Waals surface area contributed by atoms with Crippen molar-refractivity contribution in [2.24, 2.45) is 0 Å². The average Bonchev–Trinajstić information content (AvgIpc) is 2.35. The van der Waals surface area contributed by atoms with E-state index in [1.807, 2.05) is 0 Å². The molecule has 0 amide bonds. The summed E-state index contributed by atoms with van der Waals surface area (Å²) in [5, 5.41) is 11.2. The number of methoxy groups -OCH3 is 1. The zero-order valence-electron chi connectivity index (χ0n) is 11.7. The lowest BCUT2D eigenvalue weighted by Gasteiger charge is -2.26. The predicted molar refractivity (Wildman–Crippen MR) is 72.1 cm³/mol. The number of hydrogen-bond donors (Lipinski definition) is 0. The Morgan fingerprint density at radius 1 is 1.47 bits per heavy atom. The Kier molecular flexibility index (Phi) is 4.64. The van der Waals surface area contributed by atoms with E-state index in [1.54, 1.807) is 38.1 Å². The van der Waals surface area contributed by atoms with E-state index in [1.165, 1.54) is 14.0 Å². The summed E-state index contributed by atoms with van der Waals surface area (Å²) in [5.41, 5.74) is -0.464. The van der Waals surface area contributed by atoms with E-state index in [2.05, 4.69) is 0 Å². The molecule has 0 aliphatic heterocycles.